The second kappa shape index (κ2) is 7.74. The molecule has 2 heterocycles. The van der Waals surface area contributed by atoms with Crippen LogP contribution >= 0.6 is 0 Å². The molecule has 1 saturated heterocycles. The summed E-state index contributed by atoms with van der Waals surface area (Å²) in [6.07, 6.45) is 3.72. The van der Waals surface area contributed by atoms with E-state index >= 15 is 0 Å². The van der Waals surface area contributed by atoms with Crippen molar-refractivity contribution in [1.82, 2.24) is 25.2 Å². The molecule has 3 rings (SSSR count). The van der Waals surface area contributed by atoms with Crippen molar-refractivity contribution in [3.8, 4) is 0 Å². The zero-order valence-corrected chi connectivity index (χ0v) is 14.7. The smallest absolute Gasteiger partial charge is 0.276 e. The summed E-state index contributed by atoms with van der Waals surface area (Å²) in [4.78, 5) is 14.6. The van der Waals surface area contributed by atoms with E-state index in [9.17, 15) is 9.18 Å². The summed E-state index contributed by atoms with van der Waals surface area (Å²) in [6, 6.07) is 6.38. The molecule has 0 radical (unpaired) electrons. The number of hydrogen-bond acceptors (Lipinski definition) is 4. The molecule has 1 aromatic carbocycles. The van der Waals surface area contributed by atoms with Gasteiger partial charge in [0.2, 0.25) is 0 Å². The molecule has 0 bridgehead atoms. The van der Waals surface area contributed by atoms with Gasteiger partial charge >= 0.3 is 0 Å². The van der Waals surface area contributed by atoms with E-state index in [1.54, 1.807) is 23.2 Å². The summed E-state index contributed by atoms with van der Waals surface area (Å²) in [5.41, 5.74) is 1.25. The number of carbonyl (C=O) groups excluding carboxylic acids is 1. The maximum atomic E-state index is 13.1. The molecule has 1 aromatic heterocycles. The molecule has 1 amide bonds. The van der Waals surface area contributed by atoms with Crippen LogP contribution in [0.3, 0.4) is 0 Å². The minimum atomic E-state index is -0.282. The van der Waals surface area contributed by atoms with Gasteiger partial charge in [0.15, 0.2) is 5.69 Å². The number of nitrogens with one attached hydrogen (secondary N) is 1. The number of amides is 1. The minimum absolute atomic E-state index is 0.153. The lowest BCUT2D eigenvalue weighted by Crippen LogP contribution is -2.33. The van der Waals surface area contributed by atoms with Crippen LogP contribution in [-0.4, -0.2) is 45.4 Å². The molecule has 134 valence electrons. The van der Waals surface area contributed by atoms with E-state index in [1.807, 2.05) is 18.5 Å². The zero-order chi connectivity index (χ0) is 17.8. The SMILES string of the molecule is CCN(C(=O)c1cn(C2CCNCC2)nn1)[C@H](C)c1ccc(F)cc1. The molecule has 0 saturated carbocycles. The Balaban J connectivity index is 1.75. The molecule has 1 aliphatic heterocycles. The third-order valence-corrected chi connectivity index (χ3v) is 4.83. The van der Waals surface area contributed by atoms with Crippen LogP contribution in [0.5, 0.6) is 0 Å². The molecule has 0 aliphatic carbocycles. The highest BCUT2D eigenvalue weighted by Crippen LogP contribution is 2.23. The third-order valence-electron chi connectivity index (χ3n) is 4.83. The number of piperidine rings is 1. The predicted molar refractivity (Wildman–Crippen MR) is 92.7 cm³/mol. The molecule has 25 heavy (non-hydrogen) atoms. The van der Waals surface area contributed by atoms with Gasteiger partial charge in [-0.15, -0.1) is 5.10 Å². The number of benzene rings is 1. The average Bonchev–Trinajstić information content (AvgIpc) is 3.13. The molecule has 1 atom stereocenters. The Morgan fingerprint density at radius 3 is 2.68 bits per heavy atom. The summed E-state index contributed by atoms with van der Waals surface area (Å²) in [7, 11) is 0. The quantitative estimate of drug-likeness (QED) is 0.905. The molecule has 2 aromatic rings. The summed E-state index contributed by atoms with van der Waals surface area (Å²) in [5.74, 6) is -0.435. The van der Waals surface area contributed by atoms with Crippen molar-refractivity contribution in [3.05, 3.63) is 47.5 Å². The van der Waals surface area contributed by atoms with Gasteiger partial charge in [-0.1, -0.05) is 17.3 Å². The first-order chi connectivity index (χ1) is 12.1. The average molecular weight is 345 g/mol. The van der Waals surface area contributed by atoms with Gasteiger partial charge in [0, 0.05) is 6.54 Å². The standard InChI is InChI=1S/C18H24FN5O/c1-3-23(13(2)14-4-6-15(19)7-5-14)18(25)17-12-24(22-21-17)16-8-10-20-11-9-16/h4-7,12-13,16,20H,3,8-11H2,1-2H3/t13-/m1/s1. The van der Waals surface area contributed by atoms with E-state index in [2.05, 4.69) is 15.6 Å². The molecule has 0 unspecified atom stereocenters. The topological polar surface area (TPSA) is 63.1 Å². The second-order valence-corrected chi connectivity index (χ2v) is 6.38. The molecule has 6 nitrogen and oxygen atoms in total. The first kappa shape index (κ1) is 17.5. The monoisotopic (exact) mass is 345 g/mol. The number of nitrogens with zero attached hydrogens (tertiary/aromatic N) is 4. The fourth-order valence-electron chi connectivity index (χ4n) is 3.29. The Bertz CT molecular complexity index is 709. The van der Waals surface area contributed by atoms with Crippen LogP contribution in [0, 0.1) is 5.82 Å². The van der Waals surface area contributed by atoms with Crippen molar-refractivity contribution in [2.24, 2.45) is 0 Å². The zero-order valence-electron chi connectivity index (χ0n) is 14.7. The summed E-state index contributed by atoms with van der Waals surface area (Å²) in [5, 5.41) is 11.6. The van der Waals surface area contributed by atoms with Gasteiger partial charge in [-0.25, -0.2) is 9.07 Å². The van der Waals surface area contributed by atoms with Gasteiger partial charge < -0.3 is 10.2 Å². The normalized spacial score (nSPS) is 16.6. The Hall–Kier alpha value is -2.28. The first-order valence-corrected chi connectivity index (χ1v) is 8.79. The van der Waals surface area contributed by atoms with Gasteiger partial charge in [-0.2, -0.15) is 0 Å². The van der Waals surface area contributed by atoms with Gasteiger partial charge in [0.1, 0.15) is 5.82 Å². The predicted octanol–water partition coefficient (Wildman–Crippen LogP) is 2.57. The van der Waals surface area contributed by atoms with Crippen LogP contribution in [0.4, 0.5) is 4.39 Å². The number of halogens is 1. The molecular formula is C18H24FN5O. The largest absolute Gasteiger partial charge is 0.331 e. The fraction of sp³-hybridized carbons (Fsp3) is 0.500. The van der Waals surface area contributed by atoms with Crippen molar-refractivity contribution in [2.75, 3.05) is 19.6 Å². The van der Waals surface area contributed by atoms with Crippen LogP contribution in [0.15, 0.2) is 30.5 Å². The highest BCUT2D eigenvalue weighted by molar-refractivity contribution is 5.92. The number of rotatable bonds is 5. The van der Waals surface area contributed by atoms with E-state index in [1.165, 1.54) is 12.1 Å². The number of carbonyl (C=O) groups is 1. The lowest BCUT2D eigenvalue weighted by molar-refractivity contribution is 0.0696. The lowest BCUT2D eigenvalue weighted by Gasteiger charge is -2.27. The summed E-state index contributed by atoms with van der Waals surface area (Å²) in [6.45, 7) is 6.31. The Morgan fingerprint density at radius 2 is 2.04 bits per heavy atom. The summed E-state index contributed by atoms with van der Waals surface area (Å²) < 4.78 is 14.9. The van der Waals surface area contributed by atoms with Crippen LogP contribution in [0.25, 0.3) is 0 Å². The lowest BCUT2D eigenvalue weighted by atomic mass is 10.1. The van der Waals surface area contributed by atoms with Crippen molar-refractivity contribution in [3.63, 3.8) is 0 Å². The van der Waals surface area contributed by atoms with Gasteiger partial charge in [0.25, 0.3) is 5.91 Å². The summed E-state index contributed by atoms with van der Waals surface area (Å²) >= 11 is 0. The maximum Gasteiger partial charge on any atom is 0.276 e. The van der Waals surface area contributed by atoms with Crippen LogP contribution in [0.2, 0.25) is 0 Å². The van der Waals surface area contributed by atoms with E-state index in [4.69, 9.17) is 0 Å². The highest BCUT2D eigenvalue weighted by Gasteiger charge is 2.25. The Kier molecular flexibility index (Phi) is 5.43. The van der Waals surface area contributed by atoms with Crippen molar-refractivity contribution >= 4 is 5.91 Å². The molecule has 1 aliphatic rings. The second-order valence-electron chi connectivity index (χ2n) is 6.38. The van der Waals surface area contributed by atoms with Crippen LogP contribution in [-0.2, 0) is 0 Å². The van der Waals surface area contributed by atoms with Crippen molar-refractivity contribution in [2.45, 2.75) is 38.8 Å². The maximum absolute atomic E-state index is 13.1. The molecule has 7 heteroatoms. The molecule has 0 spiro atoms. The fourth-order valence-corrected chi connectivity index (χ4v) is 3.29. The highest BCUT2D eigenvalue weighted by atomic mass is 19.1. The van der Waals surface area contributed by atoms with Gasteiger partial charge in [0.05, 0.1) is 18.3 Å². The Labute approximate surface area is 147 Å². The third kappa shape index (κ3) is 3.87. The van der Waals surface area contributed by atoms with Crippen molar-refractivity contribution in [1.29, 1.82) is 0 Å². The minimum Gasteiger partial charge on any atom is -0.331 e. The van der Waals surface area contributed by atoms with Crippen LogP contribution in [0.1, 0.15) is 54.8 Å². The molecule has 1 fully saturated rings. The van der Waals surface area contributed by atoms with Crippen LogP contribution < -0.4 is 5.32 Å². The Morgan fingerprint density at radius 1 is 1.36 bits per heavy atom. The van der Waals surface area contributed by atoms with Crippen molar-refractivity contribution < 1.29 is 9.18 Å². The first-order valence-electron chi connectivity index (χ1n) is 8.79. The van der Waals surface area contributed by atoms with E-state index in [0.717, 1.165) is 31.5 Å². The van der Waals surface area contributed by atoms with Gasteiger partial charge in [-0.3, -0.25) is 4.79 Å². The molecule has 1 N–H and O–H groups in total. The van der Waals surface area contributed by atoms with Gasteiger partial charge in [-0.05, 0) is 57.5 Å². The molecular weight excluding hydrogens is 321 g/mol. The van der Waals surface area contributed by atoms with E-state index in [0.29, 0.717) is 18.3 Å². The number of hydrogen-bond donors (Lipinski definition) is 1. The van der Waals surface area contributed by atoms with E-state index in [-0.39, 0.29) is 17.8 Å². The van der Waals surface area contributed by atoms with E-state index < -0.39 is 0 Å². The number of aromatic nitrogens is 3.